The van der Waals surface area contributed by atoms with E-state index in [1.807, 2.05) is 0 Å². The maximum atomic E-state index is 11.9. The smallest absolute Gasteiger partial charge is 0.354 e. The summed E-state index contributed by atoms with van der Waals surface area (Å²) in [5, 5.41) is 11.4. The minimum atomic E-state index is -1.13. The fraction of sp³-hybridized carbons (Fsp3) is 0.143. The Morgan fingerprint density at radius 1 is 1.29 bits per heavy atom. The number of carbonyl (C=O) groups excluding carboxylic acids is 1. The Morgan fingerprint density at radius 3 is 2.71 bits per heavy atom. The molecule has 2 aromatic heterocycles. The van der Waals surface area contributed by atoms with E-state index in [-0.39, 0.29) is 11.6 Å². The molecule has 0 bridgehead atoms. The second-order valence-corrected chi connectivity index (χ2v) is 4.13. The van der Waals surface area contributed by atoms with Crippen molar-refractivity contribution in [1.29, 1.82) is 0 Å². The summed E-state index contributed by atoms with van der Waals surface area (Å²) in [6.45, 7) is 0.304. The number of carboxylic acids is 1. The van der Waals surface area contributed by atoms with Crippen LogP contribution in [0.4, 0.5) is 0 Å². The Kier molecular flexibility index (Phi) is 4.45. The molecule has 0 radical (unpaired) electrons. The number of carbonyl (C=O) groups is 2. The first-order valence-electron chi connectivity index (χ1n) is 6.06. The van der Waals surface area contributed by atoms with Crippen LogP contribution in [0, 0.1) is 0 Å². The molecule has 2 heterocycles. The summed E-state index contributed by atoms with van der Waals surface area (Å²) in [6, 6.07) is 6.17. The van der Waals surface area contributed by atoms with E-state index < -0.39 is 5.97 Å². The van der Waals surface area contributed by atoms with E-state index >= 15 is 0 Å². The maximum Gasteiger partial charge on any atom is 0.354 e. The van der Waals surface area contributed by atoms with E-state index in [0.717, 1.165) is 5.56 Å². The summed E-state index contributed by atoms with van der Waals surface area (Å²) in [4.78, 5) is 30.2. The largest absolute Gasteiger partial charge is 0.481 e. The van der Waals surface area contributed by atoms with Gasteiger partial charge in [-0.1, -0.05) is 0 Å². The number of aromatic nitrogens is 2. The van der Waals surface area contributed by atoms with Gasteiger partial charge in [-0.3, -0.25) is 4.79 Å². The van der Waals surface area contributed by atoms with Gasteiger partial charge in [-0.05, 0) is 23.8 Å². The van der Waals surface area contributed by atoms with Crippen LogP contribution in [0.25, 0.3) is 0 Å². The Morgan fingerprint density at radius 2 is 2.10 bits per heavy atom. The van der Waals surface area contributed by atoms with Gasteiger partial charge in [-0.2, -0.15) is 0 Å². The molecule has 1 amide bonds. The number of hydrogen-bond donors (Lipinski definition) is 2. The van der Waals surface area contributed by atoms with Crippen LogP contribution < -0.4 is 10.1 Å². The number of carboxylic acid groups (broad SMARTS) is 1. The molecule has 0 fully saturated rings. The molecule has 0 aliphatic carbocycles. The zero-order valence-corrected chi connectivity index (χ0v) is 11.2. The number of nitrogens with zero attached hydrogens (tertiary/aromatic N) is 2. The molecule has 0 spiro atoms. The number of aromatic carboxylic acids is 1. The molecule has 0 aliphatic rings. The topological polar surface area (TPSA) is 101 Å². The lowest BCUT2D eigenvalue weighted by atomic mass is 10.2. The maximum absolute atomic E-state index is 11.9. The van der Waals surface area contributed by atoms with Gasteiger partial charge in [0.05, 0.1) is 12.7 Å². The first kappa shape index (κ1) is 14.4. The number of amides is 1. The molecule has 0 saturated heterocycles. The second-order valence-electron chi connectivity index (χ2n) is 4.13. The first-order chi connectivity index (χ1) is 10.1. The van der Waals surface area contributed by atoms with Crippen molar-refractivity contribution in [2.75, 3.05) is 7.11 Å². The quantitative estimate of drug-likeness (QED) is 0.854. The molecular formula is C14H13N3O4. The third-order valence-electron chi connectivity index (χ3n) is 2.71. The third-order valence-corrected chi connectivity index (χ3v) is 2.71. The van der Waals surface area contributed by atoms with Gasteiger partial charge in [0.25, 0.3) is 5.91 Å². The molecular weight excluding hydrogens is 274 g/mol. The Balaban J connectivity index is 1.99. The van der Waals surface area contributed by atoms with E-state index in [1.54, 1.807) is 18.3 Å². The van der Waals surface area contributed by atoms with Crippen molar-refractivity contribution in [3.05, 3.63) is 53.5 Å². The second kappa shape index (κ2) is 6.47. The van der Waals surface area contributed by atoms with Crippen molar-refractivity contribution in [2.24, 2.45) is 0 Å². The van der Waals surface area contributed by atoms with Crippen molar-refractivity contribution >= 4 is 11.9 Å². The van der Waals surface area contributed by atoms with Crippen LogP contribution in [-0.4, -0.2) is 34.1 Å². The molecule has 0 atom stereocenters. The van der Waals surface area contributed by atoms with Gasteiger partial charge in [-0.25, -0.2) is 14.8 Å². The normalized spacial score (nSPS) is 9.95. The van der Waals surface area contributed by atoms with Crippen LogP contribution in [0.3, 0.4) is 0 Å². The van der Waals surface area contributed by atoms with Crippen LogP contribution in [0.2, 0.25) is 0 Å². The van der Waals surface area contributed by atoms with E-state index in [0.29, 0.717) is 18.0 Å². The third kappa shape index (κ3) is 3.75. The van der Waals surface area contributed by atoms with Crippen LogP contribution in [0.5, 0.6) is 5.88 Å². The summed E-state index contributed by atoms with van der Waals surface area (Å²) >= 11 is 0. The fourth-order valence-corrected chi connectivity index (χ4v) is 1.61. The van der Waals surface area contributed by atoms with Crippen molar-refractivity contribution in [3.63, 3.8) is 0 Å². The van der Waals surface area contributed by atoms with Gasteiger partial charge >= 0.3 is 5.97 Å². The zero-order chi connectivity index (χ0) is 15.2. The van der Waals surface area contributed by atoms with E-state index in [4.69, 9.17) is 9.84 Å². The number of rotatable bonds is 5. The SMILES string of the molecule is COc1cc(CNC(=O)c2ccc(C(=O)O)nc2)ccn1. The molecule has 0 aliphatic heterocycles. The molecule has 108 valence electrons. The standard InChI is InChI=1S/C14H13N3O4/c1-21-12-6-9(4-5-15-12)7-17-13(18)10-2-3-11(14(19)20)16-8-10/h2-6,8H,7H2,1H3,(H,17,18)(H,19,20). The van der Waals surface area contributed by atoms with Crippen LogP contribution in [-0.2, 0) is 6.54 Å². The Hall–Kier alpha value is -2.96. The van der Waals surface area contributed by atoms with Crippen LogP contribution in [0.1, 0.15) is 26.4 Å². The van der Waals surface area contributed by atoms with Gasteiger partial charge in [0.2, 0.25) is 5.88 Å². The average Bonchev–Trinajstić information content (AvgIpc) is 2.53. The molecule has 2 rings (SSSR count). The highest BCUT2D eigenvalue weighted by Crippen LogP contribution is 2.08. The highest BCUT2D eigenvalue weighted by Gasteiger charge is 2.09. The number of nitrogens with one attached hydrogen (secondary N) is 1. The highest BCUT2D eigenvalue weighted by molar-refractivity contribution is 5.94. The molecule has 2 N–H and O–H groups in total. The zero-order valence-electron chi connectivity index (χ0n) is 11.2. The van der Waals surface area contributed by atoms with Crippen LogP contribution >= 0.6 is 0 Å². The molecule has 7 nitrogen and oxygen atoms in total. The van der Waals surface area contributed by atoms with Gasteiger partial charge in [0, 0.05) is 25.0 Å². The molecule has 0 aromatic carbocycles. The lowest BCUT2D eigenvalue weighted by molar-refractivity contribution is 0.0689. The summed E-state index contributed by atoms with van der Waals surface area (Å²) in [7, 11) is 1.51. The van der Waals surface area contributed by atoms with E-state index in [9.17, 15) is 9.59 Å². The Labute approximate surface area is 120 Å². The summed E-state index contributed by atoms with van der Waals surface area (Å²) in [6.07, 6.45) is 2.81. The van der Waals surface area contributed by atoms with Crippen molar-refractivity contribution in [2.45, 2.75) is 6.54 Å². The van der Waals surface area contributed by atoms with E-state index in [1.165, 1.54) is 25.4 Å². The van der Waals surface area contributed by atoms with Crippen molar-refractivity contribution < 1.29 is 19.4 Å². The molecule has 0 saturated carbocycles. The highest BCUT2D eigenvalue weighted by atomic mass is 16.5. The lowest BCUT2D eigenvalue weighted by Gasteiger charge is -2.06. The van der Waals surface area contributed by atoms with Crippen LogP contribution in [0.15, 0.2) is 36.7 Å². The van der Waals surface area contributed by atoms with Crippen molar-refractivity contribution in [1.82, 2.24) is 15.3 Å². The predicted octanol–water partition coefficient (Wildman–Crippen LogP) is 1.11. The van der Waals surface area contributed by atoms with Gasteiger partial charge < -0.3 is 15.2 Å². The number of pyridine rings is 2. The molecule has 21 heavy (non-hydrogen) atoms. The Bertz CT molecular complexity index is 656. The lowest BCUT2D eigenvalue weighted by Crippen LogP contribution is -2.23. The number of methoxy groups -OCH3 is 1. The summed E-state index contributed by atoms with van der Waals surface area (Å²) < 4.78 is 4.99. The molecule has 2 aromatic rings. The monoisotopic (exact) mass is 287 g/mol. The fourth-order valence-electron chi connectivity index (χ4n) is 1.61. The minimum Gasteiger partial charge on any atom is -0.481 e. The van der Waals surface area contributed by atoms with E-state index in [2.05, 4.69) is 15.3 Å². The van der Waals surface area contributed by atoms with Crippen molar-refractivity contribution in [3.8, 4) is 5.88 Å². The summed E-state index contributed by atoms with van der Waals surface area (Å²) in [5.41, 5.74) is 1.02. The minimum absolute atomic E-state index is 0.106. The first-order valence-corrected chi connectivity index (χ1v) is 6.06. The molecule has 7 heteroatoms. The number of ether oxygens (including phenoxy) is 1. The summed E-state index contributed by atoms with van der Waals surface area (Å²) in [5.74, 6) is -1.00. The van der Waals surface area contributed by atoms with Gasteiger partial charge in [-0.15, -0.1) is 0 Å². The number of hydrogen-bond acceptors (Lipinski definition) is 5. The average molecular weight is 287 g/mol. The van der Waals surface area contributed by atoms with Gasteiger partial charge in [0.15, 0.2) is 0 Å². The molecule has 0 unspecified atom stereocenters. The predicted molar refractivity (Wildman–Crippen MR) is 73.2 cm³/mol. The van der Waals surface area contributed by atoms with Gasteiger partial charge in [0.1, 0.15) is 5.69 Å².